The highest BCUT2D eigenvalue weighted by Crippen LogP contribution is 2.14. The lowest BCUT2D eigenvalue weighted by molar-refractivity contribution is -0.151. The molecule has 0 bridgehead atoms. The summed E-state index contributed by atoms with van der Waals surface area (Å²) in [5.41, 5.74) is 0.909. The van der Waals surface area contributed by atoms with Crippen LogP contribution in [0.3, 0.4) is 0 Å². The highest BCUT2D eigenvalue weighted by Gasteiger charge is 2.22. The first kappa shape index (κ1) is 14.5. The summed E-state index contributed by atoms with van der Waals surface area (Å²) in [5, 5.41) is 0. The van der Waals surface area contributed by atoms with Crippen LogP contribution in [-0.4, -0.2) is 12.6 Å². The Labute approximate surface area is 110 Å². The largest absolute Gasteiger partial charge is 0.461 e. The zero-order valence-electron chi connectivity index (χ0n) is 11.5. The summed E-state index contributed by atoms with van der Waals surface area (Å²) in [7, 11) is 0. The lowest BCUT2D eigenvalue weighted by atomic mass is 9.97. The van der Waals surface area contributed by atoms with Gasteiger partial charge in [-0.1, -0.05) is 42.5 Å². The van der Waals surface area contributed by atoms with Crippen molar-refractivity contribution in [1.82, 2.24) is 0 Å². The Hall–Kier alpha value is -1.57. The molecule has 1 aromatic carbocycles. The van der Waals surface area contributed by atoms with Crippen molar-refractivity contribution in [2.45, 2.75) is 33.6 Å². The minimum atomic E-state index is -0.419. The number of carbonyl (C=O) groups excluding carboxylic acids is 1. The van der Waals surface area contributed by atoms with E-state index in [1.807, 2.05) is 45.0 Å². The van der Waals surface area contributed by atoms with Crippen LogP contribution in [0.15, 0.2) is 42.5 Å². The zero-order valence-corrected chi connectivity index (χ0v) is 11.5. The molecule has 0 aliphatic rings. The van der Waals surface area contributed by atoms with Crippen LogP contribution in [-0.2, 0) is 16.0 Å². The van der Waals surface area contributed by atoms with Crippen LogP contribution in [0, 0.1) is 5.41 Å². The minimum absolute atomic E-state index is 0.157. The van der Waals surface area contributed by atoms with Crippen LogP contribution in [0.25, 0.3) is 0 Å². The SMILES string of the molecule is CC(C)(C)C(=O)OC/C=C/CCc1ccccc1. The molecular weight excluding hydrogens is 224 g/mol. The number of allylic oxidation sites excluding steroid dienone is 1. The van der Waals surface area contributed by atoms with Gasteiger partial charge in [0.15, 0.2) is 0 Å². The highest BCUT2D eigenvalue weighted by molar-refractivity contribution is 5.75. The van der Waals surface area contributed by atoms with Crippen LogP contribution < -0.4 is 0 Å². The molecule has 0 radical (unpaired) electrons. The van der Waals surface area contributed by atoms with Crippen molar-refractivity contribution < 1.29 is 9.53 Å². The first-order chi connectivity index (χ1) is 8.50. The molecule has 98 valence electrons. The standard InChI is InChI=1S/C16H22O2/c1-16(2,3)15(17)18-13-9-5-8-12-14-10-6-4-7-11-14/h4-7,9-11H,8,12-13H2,1-3H3/b9-5+. The highest BCUT2D eigenvalue weighted by atomic mass is 16.5. The van der Waals surface area contributed by atoms with E-state index in [-0.39, 0.29) is 5.97 Å². The third-order valence-corrected chi connectivity index (χ3v) is 2.53. The van der Waals surface area contributed by atoms with Crippen molar-refractivity contribution in [3.8, 4) is 0 Å². The number of hydrogen-bond donors (Lipinski definition) is 0. The molecule has 0 aliphatic heterocycles. The van der Waals surface area contributed by atoms with Gasteiger partial charge >= 0.3 is 5.97 Å². The monoisotopic (exact) mass is 246 g/mol. The van der Waals surface area contributed by atoms with E-state index in [4.69, 9.17) is 4.74 Å². The van der Waals surface area contributed by atoms with Gasteiger partial charge in [-0.15, -0.1) is 0 Å². The average Bonchev–Trinajstić information content (AvgIpc) is 2.33. The second-order valence-electron chi connectivity index (χ2n) is 5.34. The topological polar surface area (TPSA) is 26.3 Å². The molecule has 1 aromatic rings. The molecule has 0 fully saturated rings. The molecule has 0 heterocycles. The molecule has 0 amide bonds. The minimum Gasteiger partial charge on any atom is -0.461 e. The van der Waals surface area contributed by atoms with Gasteiger partial charge in [0.05, 0.1) is 5.41 Å². The quantitative estimate of drug-likeness (QED) is 0.584. The lowest BCUT2D eigenvalue weighted by Crippen LogP contribution is -2.22. The van der Waals surface area contributed by atoms with E-state index in [0.29, 0.717) is 6.61 Å². The van der Waals surface area contributed by atoms with E-state index in [2.05, 4.69) is 18.2 Å². The van der Waals surface area contributed by atoms with Crippen molar-refractivity contribution in [1.29, 1.82) is 0 Å². The van der Waals surface area contributed by atoms with Gasteiger partial charge in [0.1, 0.15) is 6.61 Å². The van der Waals surface area contributed by atoms with Crippen LogP contribution in [0.1, 0.15) is 32.8 Å². The molecule has 0 saturated heterocycles. The summed E-state index contributed by atoms with van der Waals surface area (Å²) in [6.07, 6.45) is 5.96. The van der Waals surface area contributed by atoms with Gasteiger partial charge in [0, 0.05) is 0 Å². The van der Waals surface area contributed by atoms with Crippen LogP contribution >= 0.6 is 0 Å². The number of rotatable bonds is 5. The van der Waals surface area contributed by atoms with Gasteiger partial charge in [-0.2, -0.15) is 0 Å². The third kappa shape index (κ3) is 5.67. The molecule has 18 heavy (non-hydrogen) atoms. The number of aryl methyl sites for hydroxylation is 1. The van der Waals surface area contributed by atoms with Crippen molar-refractivity contribution >= 4 is 5.97 Å². The molecule has 0 unspecified atom stereocenters. The average molecular weight is 246 g/mol. The van der Waals surface area contributed by atoms with Crippen LogP contribution in [0.5, 0.6) is 0 Å². The van der Waals surface area contributed by atoms with Crippen molar-refractivity contribution in [2.75, 3.05) is 6.61 Å². The molecule has 2 nitrogen and oxygen atoms in total. The van der Waals surface area contributed by atoms with E-state index in [1.54, 1.807) is 0 Å². The van der Waals surface area contributed by atoms with Gasteiger partial charge in [-0.3, -0.25) is 4.79 Å². The summed E-state index contributed by atoms with van der Waals surface area (Å²) in [5.74, 6) is -0.157. The van der Waals surface area contributed by atoms with E-state index < -0.39 is 5.41 Å². The second kappa shape index (κ2) is 7.00. The zero-order chi connectivity index (χ0) is 13.4. The fourth-order valence-corrected chi connectivity index (χ4v) is 1.42. The van der Waals surface area contributed by atoms with Gasteiger partial charge in [-0.05, 0) is 39.2 Å². The fourth-order valence-electron chi connectivity index (χ4n) is 1.42. The Balaban J connectivity index is 2.17. The first-order valence-corrected chi connectivity index (χ1v) is 6.36. The van der Waals surface area contributed by atoms with E-state index in [9.17, 15) is 4.79 Å². The summed E-state index contributed by atoms with van der Waals surface area (Å²) >= 11 is 0. The van der Waals surface area contributed by atoms with Gasteiger partial charge in [0.2, 0.25) is 0 Å². The van der Waals surface area contributed by atoms with Crippen molar-refractivity contribution in [2.24, 2.45) is 5.41 Å². The molecule has 0 saturated carbocycles. The number of esters is 1. The summed E-state index contributed by atoms with van der Waals surface area (Å²) < 4.78 is 5.13. The Bertz CT molecular complexity index is 385. The Morgan fingerprint density at radius 2 is 1.83 bits per heavy atom. The van der Waals surface area contributed by atoms with E-state index >= 15 is 0 Å². The summed E-state index contributed by atoms with van der Waals surface area (Å²) in [6, 6.07) is 10.3. The molecule has 0 spiro atoms. The molecule has 0 atom stereocenters. The summed E-state index contributed by atoms with van der Waals surface area (Å²) in [4.78, 5) is 11.5. The molecule has 2 heteroatoms. The normalized spacial score (nSPS) is 11.7. The predicted octanol–water partition coefficient (Wildman–Crippen LogP) is 3.76. The maximum absolute atomic E-state index is 11.5. The Kier molecular flexibility index (Phi) is 5.63. The Morgan fingerprint density at radius 1 is 1.17 bits per heavy atom. The van der Waals surface area contributed by atoms with Crippen LogP contribution in [0.2, 0.25) is 0 Å². The van der Waals surface area contributed by atoms with Crippen molar-refractivity contribution in [3.63, 3.8) is 0 Å². The van der Waals surface area contributed by atoms with Gasteiger partial charge in [0.25, 0.3) is 0 Å². The van der Waals surface area contributed by atoms with E-state index in [1.165, 1.54) is 5.56 Å². The molecule has 0 aliphatic carbocycles. The second-order valence-corrected chi connectivity index (χ2v) is 5.34. The smallest absolute Gasteiger partial charge is 0.311 e. The number of ether oxygens (including phenoxy) is 1. The predicted molar refractivity (Wildman–Crippen MR) is 74.3 cm³/mol. The van der Waals surface area contributed by atoms with Crippen LogP contribution in [0.4, 0.5) is 0 Å². The van der Waals surface area contributed by atoms with Gasteiger partial charge < -0.3 is 4.74 Å². The number of hydrogen-bond acceptors (Lipinski definition) is 2. The maximum atomic E-state index is 11.5. The first-order valence-electron chi connectivity index (χ1n) is 6.36. The molecule has 0 aromatic heterocycles. The lowest BCUT2D eigenvalue weighted by Gasteiger charge is -2.15. The van der Waals surface area contributed by atoms with Gasteiger partial charge in [-0.25, -0.2) is 0 Å². The third-order valence-electron chi connectivity index (χ3n) is 2.53. The van der Waals surface area contributed by atoms with Crippen molar-refractivity contribution in [3.05, 3.63) is 48.0 Å². The summed E-state index contributed by atoms with van der Waals surface area (Å²) in [6.45, 7) is 5.93. The Morgan fingerprint density at radius 3 is 2.44 bits per heavy atom. The fraction of sp³-hybridized carbons (Fsp3) is 0.438. The molecule has 1 rings (SSSR count). The number of carbonyl (C=O) groups is 1. The number of benzene rings is 1. The molecule has 0 N–H and O–H groups in total. The molecular formula is C16H22O2. The van der Waals surface area contributed by atoms with E-state index in [0.717, 1.165) is 12.8 Å². The maximum Gasteiger partial charge on any atom is 0.311 e.